The van der Waals surface area contributed by atoms with Gasteiger partial charge in [-0.15, -0.1) is 0 Å². The second-order valence-corrected chi connectivity index (χ2v) is 11.0. The van der Waals surface area contributed by atoms with Crippen LogP contribution in [0.3, 0.4) is 0 Å². The first kappa shape index (κ1) is 24.1. The van der Waals surface area contributed by atoms with Crippen LogP contribution >= 0.6 is 0 Å². The van der Waals surface area contributed by atoms with Crippen molar-refractivity contribution in [1.82, 2.24) is 4.90 Å². The van der Waals surface area contributed by atoms with Gasteiger partial charge in [-0.25, -0.2) is 4.79 Å². The fourth-order valence-electron chi connectivity index (χ4n) is 7.17. The number of methoxy groups -OCH3 is 1. The molecule has 0 radical (unpaired) electrons. The zero-order chi connectivity index (χ0) is 25.7. The molecule has 2 unspecified atom stereocenters. The molecule has 0 spiro atoms. The Hall–Kier alpha value is -3.31. The Labute approximate surface area is 219 Å². The zero-order valence-corrected chi connectivity index (χ0v) is 21.9. The summed E-state index contributed by atoms with van der Waals surface area (Å²) >= 11 is 0. The van der Waals surface area contributed by atoms with Gasteiger partial charge < -0.3 is 19.5 Å². The van der Waals surface area contributed by atoms with E-state index in [2.05, 4.69) is 48.5 Å². The molecule has 2 saturated heterocycles. The van der Waals surface area contributed by atoms with Crippen LogP contribution in [0.2, 0.25) is 0 Å². The summed E-state index contributed by atoms with van der Waals surface area (Å²) in [6.45, 7) is 4.36. The Kier molecular flexibility index (Phi) is 5.99. The molecule has 3 aromatic carbocycles. The standard InChI is InChI=1S/C32H35NO4/c1-20-15-22(16-21(2)30(20)36-3)32(35)17-23-9-8-10-24(18-32)33(23)31(34)37-19-29-27-13-6-4-11-25(27)26-12-5-7-14-28(26)29/h4-7,11-16,23-24,29,35H,8-10,17-19H2,1-3H3. The maximum absolute atomic E-state index is 13.5. The molecular weight excluding hydrogens is 462 g/mol. The van der Waals surface area contributed by atoms with Gasteiger partial charge in [-0.1, -0.05) is 48.5 Å². The van der Waals surface area contributed by atoms with Gasteiger partial charge in [0.25, 0.3) is 0 Å². The van der Waals surface area contributed by atoms with E-state index < -0.39 is 5.60 Å². The fraction of sp³-hybridized carbons (Fsp3) is 0.406. The molecule has 2 heterocycles. The lowest BCUT2D eigenvalue weighted by molar-refractivity contribution is -0.0891. The second kappa shape index (κ2) is 9.21. The number of ether oxygens (including phenoxy) is 2. The number of rotatable bonds is 4. The summed E-state index contributed by atoms with van der Waals surface area (Å²) in [6, 6.07) is 20.8. The van der Waals surface area contributed by atoms with Gasteiger partial charge in [0, 0.05) is 30.8 Å². The summed E-state index contributed by atoms with van der Waals surface area (Å²) in [7, 11) is 1.68. The smallest absolute Gasteiger partial charge is 0.410 e. The van der Waals surface area contributed by atoms with E-state index in [1.54, 1.807) is 7.11 Å². The fourth-order valence-corrected chi connectivity index (χ4v) is 7.17. The van der Waals surface area contributed by atoms with Crippen LogP contribution in [0.5, 0.6) is 5.75 Å². The highest BCUT2D eigenvalue weighted by molar-refractivity contribution is 5.79. The summed E-state index contributed by atoms with van der Waals surface area (Å²) in [6.07, 6.45) is 3.64. The predicted molar refractivity (Wildman–Crippen MR) is 144 cm³/mol. The molecule has 37 heavy (non-hydrogen) atoms. The predicted octanol–water partition coefficient (Wildman–Crippen LogP) is 6.47. The molecule has 0 saturated carbocycles. The maximum Gasteiger partial charge on any atom is 0.410 e. The normalized spacial score (nSPS) is 24.4. The van der Waals surface area contributed by atoms with Crippen LogP contribution in [0.15, 0.2) is 60.7 Å². The third kappa shape index (κ3) is 4.00. The lowest BCUT2D eigenvalue weighted by Gasteiger charge is -2.51. The van der Waals surface area contributed by atoms with Crippen molar-refractivity contribution in [2.75, 3.05) is 13.7 Å². The van der Waals surface area contributed by atoms with Crippen LogP contribution in [0, 0.1) is 13.8 Å². The van der Waals surface area contributed by atoms with Gasteiger partial charge in [-0.3, -0.25) is 0 Å². The Bertz CT molecular complexity index is 1270. The number of aryl methyl sites for hydroxylation is 2. The Morgan fingerprint density at radius 3 is 2.03 bits per heavy atom. The molecular formula is C32H35NO4. The zero-order valence-electron chi connectivity index (χ0n) is 21.9. The van der Waals surface area contributed by atoms with Gasteiger partial charge in [-0.05, 0) is 84.2 Å². The lowest BCUT2D eigenvalue weighted by Crippen LogP contribution is -2.59. The van der Waals surface area contributed by atoms with E-state index in [0.29, 0.717) is 19.4 Å². The number of fused-ring (bicyclic) bond motifs is 5. The van der Waals surface area contributed by atoms with E-state index in [1.807, 2.05) is 30.9 Å². The van der Waals surface area contributed by atoms with E-state index in [4.69, 9.17) is 9.47 Å². The summed E-state index contributed by atoms with van der Waals surface area (Å²) in [5.74, 6) is 0.909. The van der Waals surface area contributed by atoms with Crippen molar-refractivity contribution in [2.24, 2.45) is 0 Å². The second-order valence-electron chi connectivity index (χ2n) is 11.0. The number of piperidine rings is 2. The van der Waals surface area contributed by atoms with Crippen molar-refractivity contribution >= 4 is 6.09 Å². The van der Waals surface area contributed by atoms with Gasteiger partial charge in [0.1, 0.15) is 12.4 Å². The van der Waals surface area contributed by atoms with Gasteiger partial charge in [-0.2, -0.15) is 0 Å². The molecule has 0 aromatic heterocycles. The lowest BCUT2D eigenvalue weighted by atomic mass is 9.72. The number of hydrogen-bond acceptors (Lipinski definition) is 4. The van der Waals surface area contributed by atoms with Gasteiger partial charge in [0.05, 0.1) is 12.7 Å². The van der Waals surface area contributed by atoms with Crippen molar-refractivity contribution in [3.63, 3.8) is 0 Å². The van der Waals surface area contributed by atoms with Crippen molar-refractivity contribution in [1.29, 1.82) is 0 Å². The molecule has 3 aromatic rings. The summed E-state index contributed by atoms with van der Waals surface area (Å²) in [5, 5.41) is 11.9. The average molecular weight is 498 g/mol. The van der Waals surface area contributed by atoms with Crippen LogP contribution in [-0.2, 0) is 10.3 Å². The van der Waals surface area contributed by atoms with Gasteiger partial charge >= 0.3 is 6.09 Å². The number of benzene rings is 3. The quantitative estimate of drug-likeness (QED) is 0.449. The highest BCUT2D eigenvalue weighted by Crippen LogP contribution is 2.47. The average Bonchev–Trinajstić information content (AvgIpc) is 3.20. The number of hydrogen-bond donors (Lipinski definition) is 1. The van der Waals surface area contributed by atoms with Crippen molar-refractivity contribution < 1.29 is 19.4 Å². The van der Waals surface area contributed by atoms with E-state index in [0.717, 1.165) is 41.7 Å². The summed E-state index contributed by atoms with van der Waals surface area (Å²) in [4.78, 5) is 15.5. The molecule has 3 aliphatic rings. The molecule has 2 fully saturated rings. The summed E-state index contributed by atoms with van der Waals surface area (Å²) < 4.78 is 11.6. The first-order valence-corrected chi connectivity index (χ1v) is 13.4. The Morgan fingerprint density at radius 2 is 1.49 bits per heavy atom. The SMILES string of the molecule is COc1c(C)cc(C2(O)CC3CCCC(C2)N3C(=O)OCC2c3ccccc3-c3ccccc32)cc1C. The first-order valence-electron chi connectivity index (χ1n) is 13.4. The van der Waals surface area contributed by atoms with Crippen molar-refractivity contribution in [3.05, 3.63) is 88.5 Å². The Balaban J connectivity index is 1.21. The van der Waals surface area contributed by atoms with Crippen molar-refractivity contribution in [2.45, 2.75) is 69.6 Å². The molecule has 1 aliphatic carbocycles. The Morgan fingerprint density at radius 1 is 0.946 bits per heavy atom. The molecule has 192 valence electrons. The molecule has 2 bridgehead atoms. The molecule has 1 N–H and O–H groups in total. The molecule has 1 amide bonds. The topological polar surface area (TPSA) is 59.0 Å². The number of aliphatic hydroxyl groups is 1. The monoisotopic (exact) mass is 497 g/mol. The van der Waals surface area contributed by atoms with Crippen molar-refractivity contribution in [3.8, 4) is 16.9 Å². The minimum atomic E-state index is -0.961. The van der Waals surface area contributed by atoms with Crippen LogP contribution < -0.4 is 4.74 Å². The molecule has 5 heteroatoms. The van der Waals surface area contributed by atoms with E-state index in [9.17, 15) is 9.90 Å². The minimum Gasteiger partial charge on any atom is -0.496 e. The van der Waals surface area contributed by atoms with E-state index in [1.165, 1.54) is 22.3 Å². The molecule has 2 aliphatic heterocycles. The highest BCUT2D eigenvalue weighted by atomic mass is 16.6. The number of carbonyl (C=O) groups is 1. The maximum atomic E-state index is 13.5. The van der Waals surface area contributed by atoms with Crippen LogP contribution in [0.1, 0.15) is 65.8 Å². The van der Waals surface area contributed by atoms with E-state index in [-0.39, 0.29) is 24.1 Å². The summed E-state index contributed by atoms with van der Waals surface area (Å²) in [5.41, 5.74) is 6.90. The number of amides is 1. The number of nitrogens with zero attached hydrogens (tertiary/aromatic N) is 1. The van der Waals surface area contributed by atoms with Gasteiger partial charge in [0.2, 0.25) is 0 Å². The third-order valence-corrected chi connectivity index (χ3v) is 8.76. The van der Waals surface area contributed by atoms with Crippen LogP contribution in [0.25, 0.3) is 11.1 Å². The minimum absolute atomic E-state index is 0.0316. The van der Waals surface area contributed by atoms with Crippen LogP contribution in [0.4, 0.5) is 4.79 Å². The van der Waals surface area contributed by atoms with Gasteiger partial charge in [0.15, 0.2) is 0 Å². The van der Waals surface area contributed by atoms with E-state index >= 15 is 0 Å². The number of carbonyl (C=O) groups excluding carboxylic acids is 1. The third-order valence-electron chi connectivity index (χ3n) is 8.76. The van der Waals surface area contributed by atoms with Crippen LogP contribution in [-0.4, -0.2) is 41.9 Å². The molecule has 6 rings (SSSR count). The molecule has 5 nitrogen and oxygen atoms in total. The molecule has 2 atom stereocenters. The largest absolute Gasteiger partial charge is 0.496 e. The first-order chi connectivity index (χ1) is 17.9. The highest BCUT2D eigenvalue weighted by Gasteiger charge is 2.49.